The van der Waals surface area contributed by atoms with Crippen LogP contribution in [0.2, 0.25) is 0 Å². The number of nitrogens with zero attached hydrogens (tertiary/aromatic N) is 2. The minimum absolute atomic E-state index is 0.256. The molecule has 0 amide bonds. The van der Waals surface area contributed by atoms with E-state index in [2.05, 4.69) is 4.98 Å². The molecule has 3 rings (SSSR count). The maximum absolute atomic E-state index is 9.79. The van der Waals surface area contributed by atoms with Crippen molar-refractivity contribution in [1.82, 2.24) is 9.38 Å². The molecule has 0 saturated carbocycles. The van der Waals surface area contributed by atoms with E-state index in [1.807, 2.05) is 40.9 Å². The third-order valence-corrected chi connectivity index (χ3v) is 2.60. The number of hydrogen-bond donors (Lipinski definition) is 1. The quantitative estimate of drug-likeness (QED) is 0.670. The summed E-state index contributed by atoms with van der Waals surface area (Å²) in [6, 6.07) is 13.1. The molecule has 2 aromatic heterocycles. The van der Waals surface area contributed by atoms with Gasteiger partial charge in [-0.1, -0.05) is 18.2 Å². The second-order valence-electron chi connectivity index (χ2n) is 3.60. The van der Waals surface area contributed by atoms with Crippen molar-refractivity contribution in [3.63, 3.8) is 0 Å². The van der Waals surface area contributed by atoms with Gasteiger partial charge in [-0.25, -0.2) is 4.98 Å². The van der Waals surface area contributed by atoms with Crippen molar-refractivity contribution < 1.29 is 5.11 Å². The Bertz CT molecular complexity index is 643. The van der Waals surface area contributed by atoms with E-state index >= 15 is 0 Å². The van der Waals surface area contributed by atoms with Crippen molar-refractivity contribution in [2.24, 2.45) is 0 Å². The van der Waals surface area contributed by atoms with Crippen LogP contribution in [0.3, 0.4) is 0 Å². The monoisotopic (exact) mass is 210 g/mol. The summed E-state index contributed by atoms with van der Waals surface area (Å²) in [5.41, 5.74) is 2.55. The summed E-state index contributed by atoms with van der Waals surface area (Å²) in [5, 5.41) is 9.79. The van der Waals surface area contributed by atoms with Crippen molar-refractivity contribution in [2.75, 3.05) is 0 Å². The smallest absolute Gasteiger partial charge is 0.125 e. The fraction of sp³-hybridized carbons (Fsp3) is 0. The van der Waals surface area contributed by atoms with Crippen molar-refractivity contribution in [1.29, 1.82) is 0 Å². The van der Waals surface area contributed by atoms with Gasteiger partial charge in [0.2, 0.25) is 0 Å². The Morgan fingerprint density at radius 3 is 2.69 bits per heavy atom. The van der Waals surface area contributed by atoms with E-state index in [1.54, 1.807) is 18.5 Å². The average Bonchev–Trinajstić information content (AvgIpc) is 2.74. The normalized spacial score (nSPS) is 10.8. The Labute approximate surface area is 92.6 Å². The molecule has 0 saturated heterocycles. The van der Waals surface area contributed by atoms with Crippen LogP contribution in [-0.4, -0.2) is 14.5 Å². The zero-order chi connectivity index (χ0) is 11.0. The summed E-state index contributed by atoms with van der Waals surface area (Å²) in [6.07, 6.45) is 3.68. The number of fused-ring (bicyclic) bond motifs is 1. The number of benzene rings is 1. The molecular formula is C13H10N2O. The first-order valence-electron chi connectivity index (χ1n) is 5.06. The number of phenols is 1. The highest BCUT2D eigenvalue weighted by Crippen LogP contribution is 2.30. The number of aromatic hydroxyl groups is 1. The molecule has 78 valence electrons. The van der Waals surface area contributed by atoms with E-state index in [-0.39, 0.29) is 5.75 Å². The van der Waals surface area contributed by atoms with Crippen LogP contribution in [0.15, 0.2) is 55.0 Å². The molecular weight excluding hydrogens is 200 g/mol. The Kier molecular flexibility index (Phi) is 1.90. The van der Waals surface area contributed by atoms with Gasteiger partial charge >= 0.3 is 0 Å². The summed E-state index contributed by atoms with van der Waals surface area (Å²) in [5.74, 6) is 0.256. The highest BCUT2D eigenvalue weighted by molar-refractivity contribution is 5.80. The Morgan fingerprint density at radius 1 is 1.00 bits per heavy atom. The van der Waals surface area contributed by atoms with Crippen LogP contribution in [0.5, 0.6) is 5.75 Å². The largest absolute Gasteiger partial charge is 0.507 e. The van der Waals surface area contributed by atoms with Gasteiger partial charge in [-0.15, -0.1) is 0 Å². The van der Waals surface area contributed by atoms with Crippen LogP contribution in [0.4, 0.5) is 0 Å². The minimum atomic E-state index is 0.256. The average molecular weight is 210 g/mol. The van der Waals surface area contributed by atoms with E-state index < -0.39 is 0 Å². The molecule has 2 heterocycles. The number of imidazole rings is 1. The maximum atomic E-state index is 9.79. The number of phenolic OH excluding ortho intramolecular Hbond substituents is 1. The highest BCUT2D eigenvalue weighted by Gasteiger charge is 2.09. The van der Waals surface area contributed by atoms with Crippen LogP contribution in [0.1, 0.15) is 0 Å². The molecule has 3 nitrogen and oxygen atoms in total. The third-order valence-electron chi connectivity index (χ3n) is 2.60. The highest BCUT2D eigenvalue weighted by atomic mass is 16.3. The van der Waals surface area contributed by atoms with Gasteiger partial charge in [0.25, 0.3) is 0 Å². The second kappa shape index (κ2) is 3.38. The number of para-hydroxylation sites is 1. The maximum Gasteiger partial charge on any atom is 0.125 e. The van der Waals surface area contributed by atoms with Gasteiger partial charge in [0, 0.05) is 11.8 Å². The molecule has 1 N–H and O–H groups in total. The molecule has 0 bridgehead atoms. The lowest BCUT2D eigenvalue weighted by Gasteiger charge is -2.01. The Balaban J connectivity index is 2.31. The minimum Gasteiger partial charge on any atom is -0.507 e. The van der Waals surface area contributed by atoms with Gasteiger partial charge in [0.1, 0.15) is 5.75 Å². The van der Waals surface area contributed by atoms with Gasteiger partial charge in [-0.3, -0.25) is 0 Å². The number of aromatic nitrogens is 2. The molecule has 16 heavy (non-hydrogen) atoms. The van der Waals surface area contributed by atoms with Crippen molar-refractivity contribution in [3.8, 4) is 17.0 Å². The van der Waals surface area contributed by atoms with Crippen LogP contribution in [0, 0.1) is 0 Å². The van der Waals surface area contributed by atoms with Crippen molar-refractivity contribution in [3.05, 3.63) is 55.0 Å². The van der Waals surface area contributed by atoms with Gasteiger partial charge < -0.3 is 9.51 Å². The summed E-state index contributed by atoms with van der Waals surface area (Å²) < 4.78 is 1.93. The van der Waals surface area contributed by atoms with Gasteiger partial charge in [-0.05, 0) is 24.3 Å². The van der Waals surface area contributed by atoms with Gasteiger partial charge in [-0.2, -0.15) is 0 Å². The lowest BCUT2D eigenvalue weighted by Crippen LogP contribution is -1.81. The SMILES string of the molecule is Oc1ccccc1-c1ncn2ccccc12. The summed E-state index contributed by atoms with van der Waals surface area (Å²) in [4.78, 5) is 4.33. The molecule has 3 heteroatoms. The van der Waals surface area contributed by atoms with Crippen molar-refractivity contribution in [2.45, 2.75) is 0 Å². The molecule has 0 fully saturated rings. The number of hydrogen-bond acceptors (Lipinski definition) is 2. The molecule has 0 unspecified atom stereocenters. The van der Waals surface area contributed by atoms with E-state index in [9.17, 15) is 5.11 Å². The molecule has 0 atom stereocenters. The van der Waals surface area contributed by atoms with Crippen LogP contribution in [-0.2, 0) is 0 Å². The molecule has 3 aromatic rings. The summed E-state index contributed by atoms with van der Waals surface area (Å²) >= 11 is 0. The Morgan fingerprint density at radius 2 is 1.81 bits per heavy atom. The molecule has 0 aliphatic heterocycles. The zero-order valence-electron chi connectivity index (χ0n) is 8.54. The van der Waals surface area contributed by atoms with E-state index in [1.165, 1.54) is 0 Å². The summed E-state index contributed by atoms with van der Waals surface area (Å²) in [6.45, 7) is 0. The number of pyridine rings is 1. The third kappa shape index (κ3) is 1.26. The molecule has 0 aliphatic rings. The molecule has 0 aliphatic carbocycles. The van der Waals surface area contributed by atoms with E-state index in [4.69, 9.17) is 0 Å². The lowest BCUT2D eigenvalue weighted by atomic mass is 10.1. The molecule has 0 radical (unpaired) electrons. The van der Waals surface area contributed by atoms with E-state index in [0.717, 1.165) is 16.8 Å². The first kappa shape index (κ1) is 8.97. The van der Waals surface area contributed by atoms with Crippen LogP contribution < -0.4 is 0 Å². The predicted octanol–water partition coefficient (Wildman–Crippen LogP) is 2.71. The number of rotatable bonds is 1. The standard InChI is InChI=1S/C13H10N2O/c16-12-7-2-1-5-10(12)13-11-6-3-4-8-15(11)9-14-13/h1-9,16H. The summed E-state index contributed by atoms with van der Waals surface area (Å²) in [7, 11) is 0. The first-order valence-corrected chi connectivity index (χ1v) is 5.06. The van der Waals surface area contributed by atoms with Crippen LogP contribution >= 0.6 is 0 Å². The topological polar surface area (TPSA) is 37.5 Å². The van der Waals surface area contributed by atoms with Gasteiger partial charge in [0.15, 0.2) is 0 Å². The van der Waals surface area contributed by atoms with E-state index in [0.29, 0.717) is 0 Å². The zero-order valence-corrected chi connectivity index (χ0v) is 8.54. The van der Waals surface area contributed by atoms with Gasteiger partial charge in [0.05, 0.1) is 17.5 Å². The molecule has 1 aromatic carbocycles. The van der Waals surface area contributed by atoms with Crippen molar-refractivity contribution >= 4 is 5.52 Å². The fourth-order valence-corrected chi connectivity index (χ4v) is 1.82. The predicted molar refractivity (Wildman–Crippen MR) is 62.3 cm³/mol. The first-order chi connectivity index (χ1) is 7.86. The molecule has 0 spiro atoms. The van der Waals surface area contributed by atoms with Crippen LogP contribution in [0.25, 0.3) is 16.8 Å². The second-order valence-corrected chi connectivity index (χ2v) is 3.60. The fourth-order valence-electron chi connectivity index (χ4n) is 1.82. The Hall–Kier alpha value is -2.29. The lowest BCUT2D eigenvalue weighted by molar-refractivity contribution is 0.477.